The largest absolute Gasteiger partial charge is 0.495 e. The second-order valence-electron chi connectivity index (χ2n) is 7.45. The second-order valence-corrected chi connectivity index (χ2v) is 10.9. The number of aromatic nitrogens is 1. The predicted molar refractivity (Wildman–Crippen MR) is 106 cm³/mol. The summed E-state index contributed by atoms with van der Waals surface area (Å²) >= 11 is 0.933. The number of aliphatic imine (C=N–C) groups is 1. The van der Waals surface area contributed by atoms with Crippen molar-refractivity contribution in [3.63, 3.8) is 0 Å². The molecule has 12 heteroatoms. The topological polar surface area (TPSA) is 94.6 Å². The van der Waals surface area contributed by atoms with Gasteiger partial charge < -0.3 is 10.5 Å². The van der Waals surface area contributed by atoms with Crippen LogP contribution in [0.3, 0.4) is 0 Å². The van der Waals surface area contributed by atoms with E-state index in [1.165, 1.54) is 32.5 Å². The minimum atomic E-state index is -4.77. The van der Waals surface area contributed by atoms with Crippen molar-refractivity contribution in [1.29, 1.82) is 0 Å². The maximum absolute atomic E-state index is 14.8. The van der Waals surface area contributed by atoms with Crippen LogP contribution in [0.2, 0.25) is 0 Å². The van der Waals surface area contributed by atoms with Crippen LogP contribution < -0.4 is 10.5 Å². The van der Waals surface area contributed by atoms with Gasteiger partial charge in [-0.3, -0.25) is 9.98 Å². The highest BCUT2D eigenvalue weighted by Crippen LogP contribution is 2.45. The lowest BCUT2D eigenvalue weighted by Gasteiger charge is -2.39. The number of nitrogens with two attached hydrogens (primary N) is 1. The smallest absolute Gasteiger partial charge is 0.391 e. The van der Waals surface area contributed by atoms with E-state index in [2.05, 4.69) is 9.98 Å². The molecular weight excluding hydrogens is 446 g/mol. The van der Waals surface area contributed by atoms with Gasteiger partial charge >= 0.3 is 6.18 Å². The Morgan fingerprint density at radius 1 is 1.27 bits per heavy atom. The van der Waals surface area contributed by atoms with Crippen LogP contribution >= 0.6 is 11.3 Å². The van der Waals surface area contributed by atoms with Gasteiger partial charge in [-0.05, 0) is 26.0 Å². The summed E-state index contributed by atoms with van der Waals surface area (Å²) < 4.78 is 82.2. The lowest BCUT2D eigenvalue weighted by atomic mass is 9.99. The van der Waals surface area contributed by atoms with E-state index in [1.54, 1.807) is 6.07 Å². The molecule has 6 nitrogen and oxygen atoms in total. The molecule has 0 fully saturated rings. The van der Waals surface area contributed by atoms with Crippen molar-refractivity contribution in [2.45, 2.75) is 36.7 Å². The molecule has 0 spiro atoms. The van der Waals surface area contributed by atoms with E-state index in [0.717, 1.165) is 18.3 Å². The zero-order valence-corrected chi connectivity index (χ0v) is 17.9. The third-order valence-corrected chi connectivity index (χ3v) is 9.09. The molecule has 2 N–H and O–H groups in total. The molecule has 0 saturated heterocycles. The minimum Gasteiger partial charge on any atom is -0.495 e. The van der Waals surface area contributed by atoms with E-state index >= 15 is 0 Å². The van der Waals surface area contributed by atoms with Crippen molar-refractivity contribution in [2.75, 3.05) is 12.9 Å². The number of methoxy groups -OCH3 is 1. The quantitative estimate of drug-likeness (QED) is 0.696. The summed E-state index contributed by atoms with van der Waals surface area (Å²) in [5, 5.41) is 0. The molecule has 0 radical (unpaired) electrons. The Hall–Kier alpha value is -2.21. The highest BCUT2D eigenvalue weighted by atomic mass is 32.2. The summed E-state index contributed by atoms with van der Waals surface area (Å²) in [5.74, 6) is -1.78. The molecule has 0 bridgehead atoms. The fourth-order valence-electron chi connectivity index (χ4n) is 3.35. The van der Waals surface area contributed by atoms with Gasteiger partial charge in [-0.2, -0.15) is 13.2 Å². The van der Waals surface area contributed by atoms with Gasteiger partial charge in [0, 0.05) is 16.6 Å². The van der Waals surface area contributed by atoms with Gasteiger partial charge in [0.05, 0.1) is 30.4 Å². The highest BCUT2D eigenvalue weighted by molar-refractivity contribution is 7.93. The van der Waals surface area contributed by atoms with Crippen LogP contribution in [0.5, 0.6) is 5.75 Å². The summed E-state index contributed by atoms with van der Waals surface area (Å²) in [7, 11) is -2.96. The van der Waals surface area contributed by atoms with Crippen LogP contribution in [0.4, 0.5) is 17.6 Å². The Bertz CT molecular complexity index is 1110. The molecule has 0 saturated carbocycles. The van der Waals surface area contributed by atoms with Crippen molar-refractivity contribution in [1.82, 2.24) is 4.98 Å². The molecule has 2 aromatic heterocycles. The van der Waals surface area contributed by atoms with Crippen LogP contribution in [0.15, 0.2) is 29.5 Å². The molecule has 0 aliphatic carbocycles. The van der Waals surface area contributed by atoms with Gasteiger partial charge in [0.2, 0.25) is 0 Å². The lowest BCUT2D eigenvalue weighted by molar-refractivity contribution is -0.137. The van der Waals surface area contributed by atoms with Gasteiger partial charge in [0.1, 0.15) is 27.7 Å². The number of sulfone groups is 1. The highest BCUT2D eigenvalue weighted by Gasteiger charge is 2.56. The Balaban J connectivity index is 2.08. The van der Waals surface area contributed by atoms with E-state index < -0.39 is 50.1 Å². The Morgan fingerprint density at radius 3 is 2.50 bits per heavy atom. The van der Waals surface area contributed by atoms with Gasteiger partial charge in [0.15, 0.2) is 9.84 Å². The zero-order valence-electron chi connectivity index (χ0n) is 16.2. The first-order chi connectivity index (χ1) is 13.7. The van der Waals surface area contributed by atoms with Crippen molar-refractivity contribution >= 4 is 27.0 Å². The number of nitrogens with zero attached hydrogens (tertiary/aromatic N) is 2. The van der Waals surface area contributed by atoms with E-state index in [0.29, 0.717) is 16.2 Å². The van der Waals surface area contributed by atoms with Gasteiger partial charge in [-0.25, -0.2) is 12.8 Å². The van der Waals surface area contributed by atoms with E-state index in [-0.39, 0.29) is 4.88 Å². The molecule has 3 heterocycles. The van der Waals surface area contributed by atoms with Gasteiger partial charge in [-0.1, -0.05) is 0 Å². The Kier molecular flexibility index (Phi) is 5.38. The number of rotatable bonds is 4. The summed E-state index contributed by atoms with van der Waals surface area (Å²) in [4.78, 5) is 8.46. The summed E-state index contributed by atoms with van der Waals surface area (Å²) in [5.41, 5.74) is 4.61. The number of hydrogen-bond donors (Lipinski definition) is 1. The maximum Gasteiger partial charge on any atom is 0.391 e. The van der Waals surface area contributed by atoms with E-state index in [9.17, 15) is 26.0 Å². The predicted octanol–water partition coefficient (Wildman–Crippen LogP) is 3.67. The molecule has 1 aliphatic rings. The van der Waals surface area contributed by atoms with E-state index in [4.69, 9.17) is 10.5 Å². The first-order valence-corrected chi connectivity index (χ1v) is 11.1. The number of pyridine rings is 1. The van der Waals surface area contributed by atoms with Crippen molar-refractivity contribution in [3.8, 4) is 16.2 Å². The molecule has 1 aliphatic heterocycles. The van der Waals surface area contributed by atoms with Gasteiger partial charge in [0.25, 0.3) is 0 Å². The Labute approximate surface area is 174 Å². The molecule has 3 rings (SSSR count). The molecule has 30 heavy (non-hydrogen) atoms. The molecule has 0 amide bonds. The van der Waals surface area contributed by atoms with Crippen molar-refractivity contribution in [2.24, 2.45) is 10.7 Å². The minimum absolute atomic E-state index is 0.0408. The number of halogens is 4. The SMILES string of the molecule is COc1cncc(-c2cc(F)c(C3(C)CS(=O)(=O)C(C)(CC(F)(F)F)C(N)=N3)s2)c1. The molecule has 2 unspecified atom stereocenters. The van der Waals surface area contributed by atoms with Gasteiger partial charge in [-0.15, -0.1) is 11.3 Å². The molecule has 2 aromatic rings. The summed E-state index contributed by atoms with van der Waals surface area (Å²) in [6, 6.07) is 2.82. The molecular formula is C18H19F4N3O3S2. The molecule has 2 atom stereocenters. The number of amidine groups is 1. The summed E-state index contributed by atoms with van der Waals surface area (Å²) in [6.07, 6.45) is -3.48. The van der Waals surface area contributed by atoms with Crippen molar-refractivity contribution < 1.29 is 30.7 Å². The average Bonchev–Trinajstić information content (AvgIpc) is 3.01. The fourth-order valence-corrected chi connectivity index (χ4v) is 6.56. The number of ether oxygens (including phenoxy) is 1. The second kappa shape index (κ2) is 7.19. The van der Waals surface area contributed by atoms with Crippen LogP contribution in [-0.2, 0) is 15.4 Å². The first-order valence-electron chi connectivity index (χ1n) is 8.65. The third kappa shape index (κ3) is 3.89. The first kappa shape index (κ1) is 22.5. The third-order valence-electron chi connectivity index (χ3n) is 5.01. The van der Waals surface area contributed by atoms with E-state index in [1.807, 2.05) is 0 Å². The normalized spacial score (nSPS) is 26.3. The van der Waals surface area contributed by atoms with Crippen molar-refractivity contribution in [3.05, 3.63) is 35.2 Å². The zero-order chi connectivity index (χ0) is 22.5. The van der Waals surface area contributed by atoms with Crippen LogP contribution in [0.1, 0.15) is 25.1 Å². The van der Waals surface area contributed by atoms with Crippen LogP contribution in [-0.4, -0.2) is 43.0 Å². The number of hydrogen-bond acceptors (Lipinski definition) is 7. The molecule has 0 aromatic carbocycles. The standard InChI is InChI=1S/C18H19F4N3O3S2/c1-16(9-30(26,27)17(2,15(23)25-16)8-18(20,21)22)14-12(19)5-13(29-14)10-4-11(28-3)7-24-6-10/h4-7H,8-9H2,1-3H3,(H2,23,25). The monoisotopic (exact) mass is 465 g/mol. The Morgan fingerprint density at radius 2 is 1.93 bits per heavy atom. The summed E-state index contributed by atoms with van der Waals surface area (Å²) in [6.45, 7) is 2.24. The lowest BCUT2D eigenvalue weighted by Crippen LogP contribution is -2.58. The maximum atomic E-state index is 14.8. The van der Waals surface area contributed by atoms with Crippen LogP contribution in [0.25, 0.3) is 10.4 Å². The number of thiophene rings is 1. The fraction of sp³-hybridized carbons (Fsp3) is 0.444. The van der Waals surface area contributed by atoms with Crippen LogP contribution in [0, 0.1) is 5.82 Å². The molecule has 164 valence electrons. The average molecular weight is 465 g/mol. The number of alkyl halides is 3.